The first-order valence-electron chi connectivity index (χ1n) is 6.67. The van der Waals surface area contributed by atoms with E-state index in [2.05, 4.69) is 0 Å². The Morgan fingerprint density at radius 2 is 2.00 bits per heavy atom. The molecule has 0 bridgehead atoms. The molecular formula is C15H20O3S. The van der Waals surface area contributed by atoms with E-state index in [1.165, 1.54) is 5.56 Å². The second-order valence-electron chi connectivity index (χ2n) is 5.02. The SMILES string of the molecule is Cc1ccc(OCC(C(=O)O)C2CCSCC2)cc1. The average molecular weight is 280 g/mol. The predicted molar refractivity (Wildman–Crippen MR) is 77.8 cm³/mol. The molecule has 1 saturated heterocycles. The highest BCUT2D eigenvalue weighted by Crippen LogP contribution is 2.29. The molecule has 1 atom stereocenters. The molecule has 1 aromatic carbocycles. The largest absolute Gasteiger partial charge is 0.493 e. The summed E-state index contributed by atoms with van der Waals surface area (Å²) in [5.41, 5.74) is 1.17. The van der Waals surface area contributed by atoms with Crippen molar-refractivity contribution in [3.8, 4) is 5.75 Å². The zero-order chi connectivity index (χ0) is 13.7. The minimum Gasteiger partial charge on any atom is -0.493 e. The zero-order valence-electron chi connectivity index (χ0n) is 11.2. The Balaban J connectivity index is 1.93. The van der Waals surface area contributed by atoms with Crippen molar-refractivity contribution >= 4 is 17.7 Å². The van der Waals surface area contributed by atoms with Crippen LogP contribution >= 0.6 is 11.8 Å². The summed E-state index contributed by atoms with van der Waals surface area (Å²) in [6.45, 7) is 2.29. The lowest BCUT2D eigenvalue weighted by Crippen LogP contribution is -2.31. The second kappa shape index (κ2) is 6.85. The Labute approximate surface area is 118 Å². The van der Waals surface area contributed by atoms with Crippen LogP contribution < -0.4 is 4.74 Å². The molecule has 19 heavy (non-hydrogen) atoms. The number of aryl methyl sites for hydroxylation is 1. The number of thioether (sulfide) groups is 1. The van der Waals surface area contributed by atoms with Gasteiger partial charge in [-0.15, -0.1) is 0 Å². The van der Waals surface area contributed by atoms with Gasteiger partial charge in [-0.2, -0.15) is 11.8 Å². The van der Waals surface area contributed by atoms with Crippen molar-refractivity contribution in [1.82, 2.24) is 0 Å². The Kier molecular flexibility index (Phi) is 5.14. The van der Waals surface area contributed by atoms with E-state index in [1.54, 1.807) is 0 Å². The first-order valence-corrected chi connectivity index (χ1v) is 7.82. The molecule has 104 valence electrons. The number of hydrogen-bond donors (Lipinski definition) is 1. The van der Waals surface area contributed by atoms with Gasteiger partial charge in [0.05, 0.1) is 5.92 Å². The number of aliphatic carboxylic acids is 1. The van der Waals surface area contributed by atoms with Crippen LogP contribution in [-0.2, 0) is 4.79 Å². The van der Waals surface area contributed by atoms with Crippen LogP contribution in [-0.4, -0.2) is 29.2 Å². The quantitative estimate of drug-likeness (QED) is 0.899. The van der Waals surface area contributed by atoms with E-state index in [9.17, 15) is 9.90 Å². The van der Waals surface area contributed by atoms with Crippen LogP contribution in [0, 0.1) is 18.8 Å². The molecule has 1 fully saturated rings. The lowest BCUT2D eigenvalue weighted by molar-refractivity contribution is -0.145. The summed E-state index contributed by atoms with van der Waals surface area (Å²) in [5.74, 6) is 2.02. The third kappa shape index (κ3) is 4.16. The highest BCUT2D eigenvalue weighted by molar-refractivity contribution is 7.99. The Hall–Kier alpha value is -1.16. The number of rotatable bonds is 5. The van der Waals surface area contributed by atoms with E-state index < -0.39 is 5.97 Å². The van der Waals surface area contributed by atoms with Gasteiger partial charge in [-0.05, 0) is 49.3 Å². The van der Waals surface area contributed by atoms with E-state index in [4.69, 9.17) is 4.74 Å². The van der Waals surface area contributed by atoms with Gasteiger partial charge in [-0.1, -0.05) is 17.7 Å². The normalized spacial score (nSPS) is 17.9. The molecule has 1 heterocycles. The first kappa shape index (κ1) is 14.3. The van der Waals surface area contributed by atoms with Gasteiger partial charge < -0.3 is 9.84 Å². The fourth-order valence-electron chi connectivity index (χ4n) is 2.35. The fraction of sp³-hybridized carbons (Fsp3) is 0.533. The first-order chi connectivity index (χ1) is 9.16. The average Bonchev–Trinajstić information content (AvgIpc) is 2.42. The maximum absolute atomic E-state index is 11.4. The molecular weight excluding hydrogens is 260 g/mol. The summed E-state index contributed by atoms with van der Waals surface area (Å²) in [4.78, 5) is 11.4. The van der Waals surface area contributed by atoms with Crippen LogP contribution in [0.5, 0.6) is 5.75 Å². The summed E-state index contributed by atoms with van der Waals surface area (Å²) in [5, 5.41) is 9.36. The summed E-state index contributed by atoms with van der Waals surface area (Å²) in [6, 6.07) is 7.74. The van der Waals surface area contributed by atoms with Crippen LogP contribution in [0.1, 0.15) is 18.4 Å². The number of carbonyl (C=O) groups is 1. The fourth-order valence-corrected chi connectivity index (χ4v) is 3.49. The molecule has 0 saturated carbocycles. The smallest absolute Gasteiger partial charge is 0.310 e. The Bertz CT molecular complexity index is 410. The molecule has 1 unspecified atom stereocenters. The number of benzene rings is 1. The predicted octanol–water partition coefficient (Wildman–Crippen LogP) is 3.22. The van der Waals surface area contributed by atoms with Crippen molar-refractivity contribution in [3.05, 3.63) is 29.8 Å². The van der Waals surface area contributed by atoms with Crippen LogP contribution in [0.4, 0.5) is 0 Å². The molecule has 4 heteroatoms. The van der Waals surface area contributed by atoms with Gasteiger partial charge in [0, 0.05) is 0 Å². The standard InChI is InChI=1S/C15H20O3S/c1-11-2-4-13(5-3-11)18-10-14(15(16)17)12-6-8-19-9-7-12/h2-5,12,14H,6-10H2,1H3,(H,16,17). The van der Waals surface area contributed by atoms with Crippen molar-refractivity contribution in [2.45, 2.75) is 19.8 Å². The van der Waals surface area contributed by atoms with Crippen molar-refractivity contribution in [3.63, 3.8) is 0 Å². The van der Waals surface area contributed by atoms with Crippen LogP contribution in [0.15, 0.2) is 24.3 Å². The topological polar surface area (TPSA) is 46.5 Å². The molecule has 1 aromatic rings. The van der Waals surface area contributed by atoms with Gasteiger partial charge >= 0.3 is 5.97 Å². The van der Waals surface area contributed by atoms with Gasteiger partial charge in [0.25, 0.3) is 0 Å². The molecule has 1 aliphatic heterocycles. The van der Waals surface area contributed by atoms with Crippen molar-refractivity contribution < 1.29 is 14.6 Å². The number of hydrogen-bond acceptors (Lipinski definition) is 3. The lowest BCUT2D eigenvalue weighted by Gasteiger charge is -2.27. The molecule has 0 spiro atoms. The monoisotopic (exact) mass is 280 g/mol. The molecule has 0 amide bonds. The summed E-state index contributed by atoms with van der Waals surface area (Å²) >= 11 is 1.91. The van der Waals surface area contributed by atoms with Crippen molar-refractivity contribution in [1.29, 1.82) is 0 Å². The van der Waals surface area contributed by atoms with E-state index in [1.807, 2.05) is 43.0 Å². The Morgan fingerprint density at radius 1 is 1.37 bits per heavy atom. The zero-order valence-corrected chi connectivity index (χ0v) is 12.0. The van der Waals surface area contributed by atoms with E-state index >= 15 is 0 Å². The van der Waals surface area contributed by atoms with E-state index in [-0.39, 0.29) is 18.4 Å². The van der Waals surface area contributed by atoms with E-state index in [0.717, 1.165) is 30.1 Å². The second-order valence-corrected chi connectivity index (χ2v) is 6.24. The molecule has 0 aromatic heterocycles. The molecule has 2 rings (SSSR count). The molecule has 1 N–H and O–H groups in total. The van der Waals surface area contributed by atoms with Gasteiger partial charge in [0.15, 0.2) is 0 Å². The summed E-state index contributed by atoms with van der Waals surface area (Å²) in [7, 11) is 0. The molecule has 0 aliphatic carbocycles. The minimum atomic E-state index is -0.732. The van der Waals surface area contributed by atoms with Gasteiger partial charge in [0.2, 0.25) is 0 Å². The third-order valence-corrected chi connectivity index (χ3v) is 4.65. The highest BCUT2D eigenvalue weighted by Gasteiger charge is 2.30. The summed E-state index contributed by atoms with van der Waals surface area (Å²) in [6.07, 6.45) is 1.97. The summed E-state index contributed by atoms with van der Waals surface area (Å²) < 4.78 is 5.65. The van der Waals surface area contributed by atoms with Gasteiger partial charge in [0.1, 0.15) is 12.4 Å². The van der Waals surface area contributed by atoms with Crippen LogP contribution in [0.3, 0.4) is 0 Å². The number of carboxylic acids is 1. The molecule has 3 nitrogen and oxygen atoms in total. The van der Waals surface area contributed by atoms with Gasteiger partial charge in [-0.25, -0.2) is 0 Å². The lowest BCUT2D eigenvalue weighted by atomic mass is 9.88. The van der Waals surface area contributed by atoms with Crippen LogP contribution in [0.25, 0.3) is 0 Å². The minimum absolute atomic E-state index is 0.254. The third-order valence-electron chi connectivity index (χ3n) is 3.60. The maximum Gasteiger partial charge on any atom is 0.310 e. The van der Waals surface area contributed by atoms with Crippen molar-refractivity contribution in [2.24, 2.45) is 11.8 Å². The van der Waals surface area contributed by atoms with Crippen LogP contribution in [0.2, 0.25) is 0 Å². The molecule has 0 radical (unpaired) electrons. The number of carboxylic acid groups (broad SMARTS) is 1. The van der Waals surface area contributed by atoms with Gasteiger partial charge in [-0.3, -0.25) is 4.79 Å². The van der Waals surface area contributed by atoms with Crippen molar-refractivity contribution in [2.75, 3.05) is 18.1 Å². The molecule has 1 aliphatic rings. The maximum atomic E-state index is 11.4. The number of ether oxygens (including phenoxy) is 1. The highest BCUT2D eigenvalue weighted by atomic mass is 32.2. The Morgan fingerprint density at radius 3 is 2.58 bits per heavy atom. The van der Waals surface area contributed by atoms with E-state index in [0.29, 0.717) is 0 Å².